The van der Waals surface area contributed by atoms with Crippen LogP contribution in [0.1, 0.15) is 39.9 Å². The number of ketones is 1. The maximum Gasteiger partial charge on any atom is 0.194 e. The predicted molar refractivity (Wildman–Crippen MR) is 90.0 cm³/mol. The molecule has 1 fully saturated rings. The first-order valence-corrected chi connectivity index (χ1v) is 8.85. The second-order valence-corrected chi connectivity index (χ2v) is 6.95. The monoisotopic (exact) mass is 326 g/mol. The number of carbonyl (C=O) groups is 1. The van der Waals surface area contributed by atoms with Gasteiger partial charge in [-0.05, 0) is 23.3 Å². The lowest BCUT2D eigenvalue weighted by Crippen LogP contribution is -2.17. The third kappa shape index (κ3) is 2.71. The van der Waals surface area contributed by atoms with Crippen LogP contribution in [0.4, 0.5) is 0 Å². The zero-order chi connectivity index (χ0) is 15.8. The van der Waals surface area contributed by atoms with Crippen molar-refractivity contribution in [3.8, 4) is 0 Å². The Morgan fingerprint density at radius 3 is 2.70 bits per heavy atom. The largest absolute Gasteiger partial charge is 0.350 e. The highest BCUT2D eigenvalue weighted by Crippen LogP contribution is 2.36. The lowest BCUT2D eigenvalue weighted by molar-refractivity contribution is -0.0570. The maximum absolute atomic E-state index is 12.8. The minimum absolute atomic E-state index is 0.119. The van der Waals surface area contributed by atoms with Gasteiger partial charge in [0.1, 0.15) is 0 Å². The first-order valence-electron chi connectivity index (χ1n) is 7.86. The van der Waals surface area contributed by atoms with Crippen molar-refractivity contribution in [3.63, 3.8) is 0 Å². The number of carbonyl (C=O) groups excluding carboxylic acids is 1. The average molecular weight is 326 g/mol. The van der Waals surface area contributed by atoms with E-state index in [-0.39, 0.29) is 18.0 Å². The Hall–Kier alpha value is -1.62. The molecule has 118 valence electrons. The molecule has 4 heteroatoms. The van der Waals surface area contributed by atoms with Gasteiger partial charge in [0.05, 0.1) is 13.2 Å². The number of thioether (sulfide) groups is 1. The Morgan fingerprint density at radius 1 is 1.09 bits per heavy atom. The zero-order valence-corrected chi connectivity index (χ0v) is 13.8. The molecule has 0 N–H and O–H groups in total. The minimum atomic E-state index is -0.184. The van der Waals surface area contributed by atoms with Gasteiger partial charge in [-0.3, -0.25) is 4.79 Å². The summed E-state index contributed by atoms with van der Waals surface area (Å²) in [6, 6.07) is 14.0. The number of hydrogen-bond donors (Lipinski definition) is 0. The van der Waals surface area contributed by atoms with Crippen molar-refractivity contribution in [1.82, 2.24) is 0 Å². The number of ether oxygens (including phenoxy) is 2. The summed E-state index contributed by atoms with van der Waals surface area (Å²) in [5, 5.41) is 0. The number of hydrogen-bond acceptors (Lipinski definition) is 4. The number of fused-ring (bicyclic) bond motifs is 2. The fraction of sp³-hybridized carbons (Fsp3) is 0.316. The Balaban J connectivity index is 1.69. The molecule has 3 nitrogen and oxygen atoms in total. The molecule has 2 heterocycles. The van der Waals surface area contributed by atoms with Crippen molar-refractivity contribution < 1.29 is 14.3 Å². The van der Waals surface area contributed by atoms with Crippen LogP contribution in [0.3, 0.4) is 0 Å². The van der Waals surface area contributed by atoms with Crippen molar-refractivity contribution >= 4 is 17.5 Å². The van der Waals surface area contributed by atoms with Crippen LogP contribution in [0.25, 0.3) is 0 Å². The molecule has 0 aromatic heterocycles. The van der Waals surface area contributed by atoms with Crippen LogP contribution in [-0.4, -0.2) is 25.3 Å². The van der Waals surface area contributed by atoms with Crippen molar-refractivity contribution in [3.05, 3.63) is 64.7 Å². The van der Waals surface area contributed by atoms with Crippen LogP contribution in [0.2, 0.25) is 0 Å². The number of benzene rings is 2. The average Bonchev–Trinajstić information content (AvgIpc) is 3.09. The Bertz CT molecular complexity index is 750. The van der Waals surface area contributed by atoms with E-state index in [2.05, 4.69) is 13.0 Å². The summed E-state index contributed by atoms with van der Waals surface area (Å²) in [4.78, 5) is 13.9. The summed E-state index contributed by atoms with van der Waals surface area (Å²) >= 11 is 1.73. The lowest BCUT2D eigenvalue weighted by Gasteiger charge is -2.19. The third-order valence-corrected chi connectivity index (χ3v) is 5.58. The molecule has 0 radical (unpaired) electrons. The predicted octanol–water partition coefficient (Wildman–Crippen LogP) is 4.00. The molecule has 23 heavy (non-hydrogen) atoms. The van der Waals surface area contributed by atoms with E-state index >= 15 is 0 Å². The minimum Gasteiger partial charge on any atom is -0.350 e. The van der Waals surface area contributed by atoms with Crippen molar-refractivity contribution in [1.29, 1.82) is 0 Å². The molecule has 1 unspecified atom stereocenters. The summed E-state index contributed by atoms with van der Waals surface area (Å²) in [5.74, 6) is 1.10. The molecule has 1 saturated heterocycles. The zero-order valence-electron chi connectivity index (χ0n) is 13.0. The van der Waals surface area contributed by atoms with E-state index in [1.165, 1.54) is 0 Å². The summed E-state index contributed by atoms with van der Waals surface area (Å²) in [6.45, 7) is 3.42. The fourth-order valence-corrected chi connectivity index (χ4v) is 4.22. The van der Waals surface area contributed by atoms with Gasteiger partial charge in [-0.2, -0.15) is 0 Å². The molecule has 0 spiro atoms. The van der Waals surface area contributed by atoms with Crippen LogP contribution < -0.4 is 0 Å². The first-order chi connectivity index (χ1) is 11.2. The smallest absolute Gasteiger partial charge is 0.194 e. The van der Waals surface area contributed by atoms with Gasteiger partial charge in [-0.1, -0.05) is 37.3 Å². The molecule has 0 bridgehead atoms. The molecule has 2 aliphatic heterocycles. The van der Waals surface area contributed by atoms with Crippen molar-refractivity contribution in [2.45, 2.75) is 29.8 Å². The molecule has 0 aliphatic carbocycles. The Kier molecular flexibility index (Phi) is 3.97. The van der Waals surface area contributed by atoms with Gasteiger partial charge in [0, 0.05) is 27.7 Å². The van der Waals surface area contributed by atoms with Gasteiger partial charge in [-0.25, -0.2) is 0 Å². The highest BCUT2D eigenvalue weighted by Gasteiger charge is 2.27. The van der Waals surface area contributed by atoms with E-state index in [1.54, 1.807) is 11.8 Å². The quantitative estimate of drug-likeness (QED) is 0.836. The second kappa shape index (κ2) is 6.11. The van der Waals surface area contributed by atoms with Gasteiger partial charge in [0.2, 0.25) is 0 Å². The molecular formula is C19H18O3S. The summed E-state index contributed by atoms with van der Waals surface area (Å²) in [7, 11) is 0. The van der Waals surface area contributed by atoms with Gasteiger partial charge in [0.15, 0.2) is 12.1 Å². The molecule has 2 aromatic carbocycles. The normalized spacial score (nSPS) is 19.1. The summed E-state index contributed by atoms with van der Waals surface area (Å²) in [6.07, 6.45) is -0.184. The molecule has 2 aliphatic rings. The molecule has 0 saturated carbocycles. The highest BCUT2D eigenvalue weighted by molar-refractivity contribution is 7.98. The van der Waals surface area contributed by atoms with E-state index in [0.29, 0.717) is 13.2 Å². The van der Waals surface area contributed by atoms with Crippen LogP contribution in [-0.2, 0) is 15.2 Å². The molecule has 0 amide bonds. The molecule has 2 aromatic rings. The fourth-order valence-electron chi connectivity index (χ4n) is 3.12. The van der Waals surface area contributed by atoms with E-state index < -0.39 is 0 Å². The van der Waals surface area contributed by atoms with E-state index in [0.717, 1.165) is 32.9 Å². The number of rotatable bonds is 2. The Labute approximate surface area is 140 Å². The second-order valence-electron chi connectivity index (χ2n) is 5.93. The first kappa shape index (κ1) is 14.9. The van der Waals surface area contributed by atoms with E-state index in [4.69, 9.17) is 9.47 Å². The van der Waals surface area contributed by atoms with Crippen LogP contribution in [0, 0.1) is 0 Å². The van der Waals surface area contributed by atoms with E-state index in [9.17, 15) is 4.79 Å². The summed E-state index contributed by atoms with van der Waals surface area (Å²) < 4.78 is 11.2. The summed E-state index contributed by atoms with van der Waals surface area (Å²) in [5.41, 5.74) is 3.88. The SMILES string of the molecule is CC(c1ccc2c(c1)SCc1ccccc1C2=O)C1OCCO1. The van der Waals surface area contributed by atoms with Gasteiger partial charge in [-0.15, -0.1) is 11.8 Å². The van der Waals surface area contributed by atoms with Gasteiger partial charge in [0.25, 0.3) is 0 Å². The van der Waals surface area contributed by atoms with Gasteiger partial charge < -0.3 is 9.47 Å². The molecule has 1 atom stereocenters. The standard InChI is InChI=1S/C19H18O3S/c1-12(19-21-8-9-22-19)13-6-7-16-17(10-13)23-11-14-4-2-3-5-15(14)18(16)20/h2-7,10,12,19H,8-9,11H2,1H3. The molecule has 4 rings (SSSR count). The third-order valence-electron chi connectivity index (χ3n) is 4.48. The van der Waals surface area contributed by atoms with Crippen LogP contribution in [0.5, 0.6) is 0 Å². The Morgan fingerprint density at radius 2 is 1.87 bits per heavy atom. The maximum atomic E-state index is 12.8. The van der Waals surface area contributed by atoms with E-state index in [1.807, 2.05) is 36.4 Å². The van der Waals surface area contributed by atoms with Gasteiger partial charge >= 0.3 is 0 Å². The van der Waals surface area contributed by atoms with Crippen LogP contribution in [0.15, 0.2) is 47.4 Å². The van der Waals surface area contributed by atoms with Crippen LogP contribution >= 0.6 is 11.8 Å². The topological polar surface area (TPSA) is 35.5 Å². The molecular weight excluding hydrogens is 308 g/mol. The lowest BCUT2D eigenvalue weighted by atomic mass is 9.95. The van der Waals surface area contributed by atoms with Crippen molar-refractivity contribution in [2.75, 3.05) is 13.2 Å². The van der Waals surface area contributed by atoms with Crippen molar-refractivity contribution in [2.24, 2.45) is 0 Å². The highest BCUT2D eigenvalue weighted by atomic mass is 32.2.